The Morgan fingerprint density at radius 3 is 2.51 bits per heavy atom. The molecular weight excluding hydrogens is 480 g/mol. The molecule has 0 aromatic heterocycles. The molecule has 0 bridgehead atoms. The van der Waals surface area contributed by atoms with Crippen molar-refractivity contribution in [1.29, 1.82) is 0 Å². The molecule has 2 aliphatic carbocycles. The number of nitrogens with zero attached hydrogens (tertiary/aromatic N) is 1. The normalized spacial score (nSPS) is 23.7. The van der Waals surface area contributed by atoms with Gasteiger partial charge in [0.1, 0.15) is 17.3 Å². The molecule has 11 nitrogen and oxygen atoms in total. The molecule has 0 saturated carbocycles. The summed E-state index contributed by atoms with van der Waals surface area (Å²) in [5, 5.41) is 51.5. The van der Waals surface area contributed by atoms with E-state index in [4.69, 9.17) is 5.73 Å². The standard InChI is InChI=1S/C26H30N4O7/c1-5-8-28-25(36)30-29-12(4)16-22(33)19(27)15-9-14-11(3)13-7-6-10(2)20(31)17(13)21(32)18(14)24(35)26(15,37)23(16)34/h6-7,15,19,31-32,34,37H,5,8-9,27H2,1-4H3,(H2,28,30,36)/b29-12+/t15-,19+,26+/m0/s1. The fourth-order valence-corrected chi connectivity index (χ4v) is 5.24. The quantitative estimate of drug-likeness (QED) is 0.239. The molecule has 0 saturated heterocycles. The topological polar surface area (TPSA) is 195 Å². The third-order valence-electron chi connectivity index (χ3n) is 7.35. The number of rotatable bonds is 4. The van der Waals surface area contributed by atoms with E-state index in [-0.39, 0.29) is 28.8 Å². The van der Waals surface area contributed by atoms with Crippen molar-refractivity contribution in [1.82, 2.24) is 10.7 Å². The van der Waals surface area contributed by atoms with Gasteiger partial charge in [0, 0.05) is 12.5 Å². The second-order valence-electron chi connectivity index (χ2n) is 9.57. The summed E-state index contributed by atoms with van der Waals surface area (Å²) in [5.74, 6) is -4.74. The number of aromatic hydroxyl groups is 2. The molecular formula is C26H30N4O7. The molecule has 196 valence electrons. The SMILES string of the molecule is CCCNC(=O)N/N=C(\C)C1=C(O)[C@@]2(O)C(=O)c3c(c(C)c4ccc(C)c(O)c4c3O)C[C@H]2[C@@H](N)C1=O. The second-order valence-corrected chi connectivity index (χ2v) is 9.57. The Morgan fingerprint density at radius 1 is 1.19 bits per heavy atom. The van der Waals surface area contributed by atoms with Crippen LogP contribution in [-0.4, -0.2) is 61.9 Å². The van der Waals surface area contributed by atoms with Gasteiger partial charge in [-0.1, -0.05) is 19.1 Å². The number of nitrogens with two attached hydrogens (primary N) is 1. The number of hydrazone groups is 1. The lowest BCUT2D eigenvalue weighted by Crippen LogP contribution is -2.63. The van der Waals surface area contributed by atoms with E-state index in [0.717, 1.165) is 0 Å². The molecule has 0 spiro atoms. The first-order valence-corrected chi connectivity index (χ1v) is 11.9. The minimum Gasteiger partial charge on any atom is -0.508 e. The van der Waals surface area contributed by atoms with Crippen molar-refractivity contribution < 1.29 is 34.8 Å². The Hall–Kier alpha value is -3.96. The summed E-state index contributed by atoms with van der Waals surface area (Å²) >= 11 is 0. The Kier molecular flexibility index (Phi) is 6.47. The highest BCUT2D eigenvalue weighted by Crippen LogP contribution is 2.50. The molecule has 0 fully saturated rings. The molecule has 3 atom stereocenters. The van der Waals surface area contributed by atoms with E-state index in [1.807, 2.05) is 6.92 Å². The number of aliphatic hydroxyl groups excluding tert-OH is 1. The zero-order valence-electron chi connectivity index (χ0n) is 21.0. The highest BCUT2D eigenvalue weighted by molar-refractivity contribution is 6.26. The van der Waals surface area contributed by atoms with Crippen LogP contribution in [0.25, 0.3) is 10.8 Å². The number of hydrogen-bond donors (Lipinski definition) is 7. The van der Waals surface area contributed by atoms with Crippen molar-refractivity contribution in [2.75, 3.05) is 6.54 Å². The summed E-state index contributed by atoms with van der Waals surface area (Å²) in [6.45, 7) is 6.91. The summed E-state index contributed by atoms with van der Waals surface area (Å²) < 4.78 is 0. The largest absolute Gasteiger partial charge is 0.508 e. The monoisotopic (exact) mass is 510 g/mol. The summed E-state index contributed by atoms with van der Waals surface area (Å²) in [4.78, 5) is 38.9. The number of urea groups is 1. The van der Waals surface area contributed by atoms with Gasteiger partial charge in [0.2, 0.25) is 5.78 Å². The third kappa shape index (κ3) is 3.73. The first-order chi connectivity index (χ1) is 17.4. The van der Waals surface area contributed by atoms with Gasteiger partial charge in [0.15, 0.2) is 11.4 Å². The number of amides is 2. The number of nitrogens with one attached hydrogen (secondary N) is 2. The predicted octanol–water partition coefficient (Wildman–Crippen LogP) is 1.76. The van der Waals surface area contributed by atoms with Crippen molar-refractivity contribution in [3.05, 3.63) is 45.7 Å². The Bertz CT molecular complexity index is 1430. The van der Waals surface area contributed by atoms with Crippen LogP contribution in [0.15, 0.2) is 28.6 Å². The van der Waals surface area contributed by atoms with E-state index >= 15 is 0 Å². The van der Waals surface area contributed by atoms with Crippen LogP contribution in [0.3, 0.4) is 0 Å². The smallest absolute Gasteiger partial charge is 0.335 e. The van der Waals surface area contributed by atoms with E-state index in [1.165, 1.54) is 6.92 Å². The molecule has 2 aromatic carbocycles. The van der Waals surface area contributed by atoms with E-state index in [0.29, 0.717) is 35.0 Å². The molecule has 37 heavy (non-hydrogen) atoms. The van der Waals surface area contributed by atoms with Crippen LogP contribution >= 0.6 is 0 Å². The number of carbonyl (C=O) groups excluding carboxylic acids is 3. The van der Waals surface area contributed by atoms with Gasteiger partial charge in [-0.15, -0.1) is 0 Å². The number of Topliss-reactive ketones (excluding diaryl/α,β-unsaturated/α-hetero) is 2. The summed E-state index contributed by atoms with van der Waals surface area (Å²) in [5.41, 5.74) is 6.28. The maximum atomic E-state index is 13.8. The molecule has 2 amide bonds. The first-order valence-electron chi connectivity index (χ1n) is 11.9. The molecule has 8 N–H and O–H groups in total. The van der Waals surface area contributed by atoms with Gasteiger partial charge in [-0.2, -0.15) is 5.10 Å². The number of hydrogen-bond acceptors (Lipinski definition) is 9. The van der Waals surface area contributed by atoms with Crippen LogP contribution in [0.2, 0.25) is 0 Å². The maximum absolute atomic E-state index is 13.8. The van der Waals surface area contributed by atoms with Crippen molar-refractivity contribution in [3.8, 4) is 11.5 Å². The average molecular weight is 511 g/mol. The number of phenols is 2. The minimum absolute atomic E-state index is 0.0477. The highest BCUT2D eigenvalue weighted by Gasteiger charge is 2.60. The van der Waals surface area contributed by atoms with Crippen molar-refractivity contribution in [2.45, 2.75) is 52.2 Å². The minimum atomic E-state index is -2.64. The predicted molar refractivity (Wildman–Crippen MR) is 136 cm³/mol. The summed E-state index contributed by atoms with van der Waals surface area (Å²) in [6.07, 6.45) is 0.589. The number of aryl methyl sites for hydroxylation is 2. The fourth-order valence-electron chi connectivity index (χ4n) is 5.24. The Labute approximate surface area is 212 Å². The zero-order chi connectivity index (χ0) is 27.4. The van der Waals surface area contributed by atoms with E-state index in [1.54, 1.807) is 26.0 Å². The van der Waals surface area contributed by atoms with E-state index in [9.17, 15) is 34.8 Å². The van der Waals surface area contributed by atoms with Crippen LogP contribution in [0.4, 0.5) is 4.79 Å². The Balaban J connectivity index is 1.89. The molecule has 2 aromatic rings. The van der Waals surface area contributed by atoms with Gasteiger partial charge in [-0.3, -0.25) is 9.59 Å². The second kappa shape index (κ2) is 9.16. The maximum Gasteiger partial charge on any atom is 0.335 e. The molecule has 2 aliphatic rings. The van der Waals surface area contributed by atoms with E-state index < -0.39 is 52.2 Å². The van der Waals surface area contributed by atoms with Gasteiger partial charge in [-0.05, 0) is 55.7 Å². The van der Waals surface area contributed by atoms with Gasteiger partial charge < -0.3 is 31.5 Å². The Morgan fingerprint density at radius 2 is 1.86 bits per heavy atom. The lowest BCUT2D eigenvalue weighted by molar-refractivity contribution is -0.122. The fraction of sp³-hybridized carbons (Fsp3) is 0.385. The average Bonchev–Trinajstić information content (AvgIpc) is 2.86. The van der Waals surface area contributed by atoms with Crippen LogP contribution in [-0.2, 0) is 11.2 Å². The number of aliphatic hydroxyl groups is 2. The third-order valence-corrected chi connectivity index (χ3v) is 7.35. The zero-order valence-corrected chi connectivity index (χ0v) is 21.0. The molecule has 0 unspecified atom stereocenters. The molecule has 4 rings (SSSR count). The number of benzene rings is 2. The van der Waals surface area contributed by atoms with Crippen molar-refractivity contribution in [2.24, 2.45) is 16.8 Å². The van der Waals surface area contributed by atoms with Gasteiger partial charge >= 0.3 is 6.03 Å². The highest BCUT2D eigenvalue weighted by atomic mass is 16.3. The van der Waals surface area contributed by atoms with Crippen LogP contribution < -0.4 is 16.5 Å². The van der Waals surface area contributed by atoms with Crippen LogP contribution in [0, 0.1) is 19.8 Å². The number of ketones is 2. The van der Waals surface area contributed by atoms with Gasteiger partial charge in [0.25, 0.3) is 0 Å². The van der Waals surface area contributed by atoms with Crippen LogP contribution in [0.1, 0.15) is 47.3 Å². The van der Waals surface area contributed by atoms with Crippen LogP contribution in [0.5, 0.6) is 11.5 Å². The summed E-state index contributed by atoms with van der Waals surface area (Å²) in [7, 11) is 0. The van der Waals surface area contributed by atoms with Gasteiger partial charge in [0.05, 0.1) is 28.3 Å². The number of fused-ring (bicyclic) bond motifs is 3. The molecule has 0 aliphatic heterocycles. The summed E-state index contributed by atoms with van der Waals surface area (Å²) in [6, 6.07) is 1.34. The molecule has 0 heterocycles. The lowest BCUT2D eigenvalue weighted by Gasteiger charge is -2.45. The number of carbonyl (C=O) groups is 3. The van der Waals surface area contributed by atoms with Gasteiger partial charge in [-0.25, -0.2) is 10.2 Å². The first kappa shape index (κ1) is 26.1. The molecule has 0 radical (unpaired) electrons. The number of phenolic OH excluding ortho intramolecular Hbond substituents is 2. The van der Waals surface area contributed by atoms with Crippen molar-refractivity contribution >= 4 is 34.1 Å². The van der Waals surface area contributed by atoms with Crippen molar-refractivity contribution in [3.63, 3.8) is 0 Å². The van der Waals surface area contributed by atoms with E-state index in [2.05, 4.69) is 15.8 Å². The molecule has 11 heteroatoms. The lowest BCUT2D eigenvalue weighted by atomic mass is 9.61.